The minimum absolute atomic E-state index is 0.515. The Balaban J connectivity index is 1.43. The number of rotatable bonds is 7. The standard InChI is InChI=1S/C21H30N4S/c1-2-22-21(23-13-10-20-9-6-16-26-20)24-19-11-14-25(15-12-19)17-18-7-4-3-5-8-18/h3-9,16,19H,2,10-15,17H2,1H3,(H2,22,23,24). The molecule has 1 fully saturated rings. The molecule has 0 atom stereocenters. The summed E-state index contributed by atoms with van der Waals surface area (Å²) < 4.78 is 0. The Morgan fingerprint density at radius 3 is 2.65 bits per heavy atom. The van der Waals surface area contributed by atoms with Gasteiger partial charge in [0.1, 0.15) is 0 Å². The van der Waals surface area contributed by atoms with Gasteiger partial charge >= 0.3 is 0 Å². The second kappa shape index (κ2) is 10.3. The fraction of sp³-hybridized carbons (Fsp3) is 0.476. The molecule has 1 aliphatic heterocycles. The molecule has 0 radical (unpaired) electrons. The maximum atomic E-state index is 4.76. The highest BCUT2D eigenvalue weighted by molar-refractivity contribution is 7.09. The van der Waals surface area contributed by atoms with Gasteiger partial charge in [0.05, 0.1) is 0 Å². The third kappa shape index (κ3) is 6.15. The van der Waals surface area contributed by atoms with Gasteiger partial charge in [-0.15, -0.1) is 11.3 Å². The molecule has 1 aromatic heterocycles. The molecular formula is C21H30N4S. The molecular weight excluding hydrogens is 340 g/mol. The summed E-state index contributed by atoms with van der Waals surface area (Å²) in [7, 11) is 0. The van der Waals surface area contributed by atoms with E-state index in [9.17, 15) is 0 Å². The van der Waals surface area contributed by atoms with Crippen LogP contribution in [0.4, 0.5) is 0 Å². The molecule has 0 spiro atoms. The zero-order chi connectivity index (χ0) is 18.0. The van der Waals surface area contributed by atoms with Crippen molar-refractivity contribution < 1.29 is 0 Å². The zero-order valence-corrected chi connectivity index (χ0v) is 16.5. The molecule has 0 saturated carbocycles. The van der Waals surface area contributed by atoms with Gasteiger partial charge < -0.3 is 10.6 Å². The van der Waals surface area contributed by atoms with E-state index in [1.165, 1.54) is 23.3 Å². The number of aliphatic imine (C=N–C) groups is 1. The van der Waals surface area contributed by atoms with Crippen LogP contribution in [0.2, 0.25) is 0 Å². The number of benzene rings is 1. The highest BCUT2D eigenvalue weighted by Gasteiger charge is 2.19. The van der Waals surface area contributed by atoms with Crippen molar-refractivity contribution in [3.63, 3.8) is 0 Å². The summed E-state index contributed by atoms with van der Waals surface area (Å²) in [5.41, 5.74) is 1.40. The topological polar surface area (TPSA) is 39.7 Å². The fourth-order valence-corrected chi connectivity index (χ4v) is 4.02. The summed E-state index contributed by atoms with van der Waals surface area (Å²) in [5, 5.41) is 9.16. The molecule has 1 aromatic carbocycles. The number of piperidine rings is 1. The lowest BCUT2D eigenvalue weighted by molar-refractivity contribution is 0.198. The summed E-state index contributed by atoms with van der Waals surface area (Å²) in [6.45, 7) is 7.20. The number of nitrogens with one attached hydrogen (secondary N) is 2. The maximum absolute atomic E-state index is 4.76. The van der Waals surface area contributed by atoms with Crippen molar-refractivity contribution in [2.45, 2.75) is 38.8 Å². The number of nitrogens with zero attached hydrogens (tertiary/aromatic N) is 2. The van der Waals surface area contributed by atoms with Crippen LogP contribution in [-0.2, 0) is 13.0 Å². The predicted octanol–water partition coefficient (Wildman–Crippen LogP) is 3.51. The van der Waals surface area contributed by atoms with Crippen LogP contribution in [0.25, 0.3) is 0 Å². The molecule has 26 heavy (non-hydrogen) atoms. The van der Waals surface area contributed by atoms with Gasteiger partial charge in [0, 0.05) is 50.1 Å². The largest absolute Gasteiger partial charge is 0.357 e. The minimum Gasteiger partial charge on any atom is -0.357 e. The molecule has 2 heterocycles. The predicted molar refractivity (Wildman–Crippen MR) is 112 cm³/mol. The van der Waals surface area contributed by atoms with Crippen LogP contribution >= 0.6 is 11.3 Å². The van der Waals surface area contributed by atoms with Crippen molar-refractivity contribution in [2.24, 2.45) is 4.99 Å². The first kappa shape index (κ1) is 18.9. The highest BCUT2D eigenvalue weighted by atomic mass is 32.1. The van der Waals surface area contributed by atoms with Crippen LogP contribution in [0, 0.1) is 0 Å². The molecule has 0 amide bonds. The van der Waals surface area contributed by atoms with Crippen LogP contribution in [0.1, 0.15) is 30.2 Å². The number of hydrogen-bond acceptors (Lipinski definition) is 3. The lowest BCUT2D eigenvalue weighted by Gasteiger charge is -2.33. The first-order valence-electron chi connectivity index (χ1n) is 9.67. The summed E-state index contributed by atoms with van der Waals surface area (Å²) >= 11 is 1.81. The lowest BCUT2D eigenvalue weighted by atomic mass is 10.0. The van der Waals surface area contributed by atoms with Gasteiger partial charge in [0.15, 0.2) is 5.96 Å². The number of likely N-dealkylation sites (tertiary alicyclic amines) is 1. The molecule has 2 N–H and O–H groups in total. The van der Waals surface area contributed by atoms with E-state index in [1.54, 1.807) is 0 Å². The van der Waals surface area contributed by atoms with E-state index >= 15 is 0 Å². The maximum Gasteiger partial charge on any atom is 0.191 e. The van der Waals surface area contributed by atoms with Crippen LogP contribution in [0.3, 0.4) is 0 Å². The van der Waals surface area contributed by atoms with E-state index in [2.05, 4.69) is 70.3 Å². The third-order valence-electron chi connectivity index (χ3n) is 4.73. The second-order valence-corrected chi connectivity index (χ2v) is 7.80. The van der Waals surface area contributed by atoms with E-state index in [0.717, 1.165) is 45.1 Å². The summed E-state index contributed by atoms with van der Waals surface area (Å²) in [5.74, 6) is 0.963. The van der Waals surface area contributed by atoms with E-state index in [4.69, 9.17) is 4.99 Å². The first-order chi connectivity index (χ1) is 12.8. The van der Waals surface area contributed by atoms with E-state index in [-0.39, 0.29) is 0 Å². The van der Waals surface area contributed by atoms with E-state index in [1.807, 2.05) is 11.3 Å². The van der Waals surface area contributed by atoms with Crippen LogP contribution < -0.4 is 10.6 Å². The molecule has 1 aliphatic rings. The zero-order valence-electron chi connectivity index (χ0n) is 15.7. The molecule has 0 unspecified atom stereocenters. The number of thiophene rings is 1. The number of hydrogen-bond donors (Lipinski definition) is 2. The molecule has 5 heteroatoms. The Labute approximate surface area is 161 Å². The van der Waals surface area contributed by atoms with Crippen molar-refractivity contribution in [3.05, 3.63) is 58.3 Å². The summed E-state index contributed by atoms with van der Waals surface area (Å²) in [6.07, 6.45) is 3.36. The van der Waals surface area contributed by atoms with E-state index < -0.39 is 0 Å². The monoisotopic (exact) mass is 370 g/mol. The Morgan fingerprint density at radius 2 is 1.96 bits per heavy atom. The van der Waals surface area contributed by atoms with Crippen molar-refractivity contribution in [3.8, 4) is 0 Å². The van der Waals surface area contributed by atoms with Crippen molar-refractivity contribution >= 4 is 17.3 Å². The average molecular weight is 371 g/mol. The van der Waals surface area contributed by atoms with Gasteiger partial charge in [-0.3, -0.25) is 9.89 Å². The number of guanidine groups is 1. The van der Waals surface area contributed by atoms with Gasteiger partial charge in [-0.1, -0.05) is 36.4 Å². The van der Waals surface area contributed by atoms with E-state index in [0.29, 0.717) is 6.04 Å². The average Bonchev–Trinajstić information content (AvgIpc) is 3.18. The molecule has 3 rings (SSSR count). The van der Waals surface area contributed by atoms with Gasteiger partial charge in [0.2, 0.25) is 0 Å². The SMILES string of the molecule is CCNC(=NCCc1cccs1)NC1CCN(Cc2ccccc2)CC1. The first-order valence-corrected chi connectivity index (χ1v) is 10.5. The Morgan fingerprint density at radius 1 is 1.15 bits per heavy atom. The Hall–Kier alpha value is -1.85. The van der Waals surface area contributed by atoms with Crippen molar-refractivity contribution in [1.29, 1.82) is 0 Å². The van der Waals surface area contributed by atoms with Crippen molar-refractivity contribution in [2.75, 3.05) is 26.2 Å². The minimum atomic E-state index is 0.515. The molecule has 2 aromatic rings. The second-order valence-electron chi connectivity index (χ2n) is 6.77. The molecule has 140 valence electrons. The third-order valence-corrected chi connectivity index (χ3v) is 5.67. The lowest BCUT2D eigenvalue weighted by Crippen LogP contribution is -2.48. The molecule has 4 nitrogen and oxygen atoms in total. The highest BCUT2D eigenvalue weighted by Crippen LogP contribution is 2.14. The molecule has 1 saturated heterocycles. The smallest absolute Gasteiger partial charge is 0.191 e. The quantitative estimate of drug-likeness (QED) is 0.579. The summed E-state index contributed by atoms with van der Waals surface area (Å²) in [4.78, 5) is 8.71. The molecule has 0 bridgehead atoms. The van der Waals surface area contributed by atoms with Gasteiger partial charge in [-0.25, -0.2) is 0 Å². The van der Waals surface area contributed by atoms with Gasteiger partial charge in [0.25, 0.3) is 0 Å². The van der Waals surface area contributed by atoms with Crippen LogP contribution in [0.5, 0.6) is 0 Å². The van der Waals surface area contributed by atoms with Crippen molar-refractivity contribution in [1.82, 2.24) is 15.5 Å². The molecule has 0 aliphatic carbocycles. The summed E-state index contributed by atoms with van der Waals surface area (Å²) in [6, 6.07) is 15.6. The van der Waals surface area contributed by atoms with Crippen LogP contribution in [0.15, 0.2) is 52.8 Å². The fourth-order valence-electron chi connectivity index (χ4n) is 3.32. The normalized spacial score (nSPS) is 16.6. The Bertz CT molecular complexity index is 646. The van der Waals surface area contributed by atoms with Crippen LogP contribution in [-0.4, -0.2) is 43.1 Å². The Kier molecular flexibility index (Phi) is 7.52. The van der Waals surface area contributed by atoms with Gasteiger partial charge in [-0.05, 0) is 36.8 Å². The van der Waals surface area contributed by atoms with Gasteiger partial charge in [-0.2, -0.15) is 0 Å².